The molecule has 2 aromatic rings. The lowest BCUT2D eigenvalue weighted by Crippen LogP contribution is -2.16. The summed E-state index contributed by atoms with van der Waals surface area (Å²) in [5.41, 5.74) is 1.04. The predicted molar refractivity (Wildman–Crippen MR) is 77.5 cm³/mol. The summed E-state index contributed by atoms with van der Waals surface area (Å²) in [5, 5.41) is 0. The molecule has 2 rings (SSSR count). The van der Waals surface area contributed by atoms with Crippen molar-refractivity contribution in [3.8, 4) is 5.75 Å². The lowest BCUT2D eigenvalue weighted by atomic mass is 10.3. The maximum absolute atomic E-state index is 11.3. The smallest absolute Gasteiger partial charge is 0.245 e. The van der Waals surface area contributed by atoms with Crippen LogP contribution in [0, 0.1) is 0 Å². The third-order valence-electron chi connectivity index (χ3n) is 2.66. The van der Waals surface area contributed by atoms with Crippen LogP contribution in [0.25, 0.3) is 10.2 Å². The van der Waals surface area contributed by atoms with Crippen molar-refractivity contribution in [2.75, 3.05) is 6.61 Å². The number of hydrogen-bond donors (Lipinski definition) is 0. The number of rotatable bonds is 4. The Morgan fingerprint density at radius 3 is 2.84 bits per heavy atom. The van der Waals surface area contributed by atoms with Gasteiger partial charge in [-0.05, 0) is 25.5 Å². The van der Waals surface area contributed by atoms with Crippen molar-refractivity contribution in [3.63, 3.8) is 0 Å². The first-order chi connectivity index (χ1) is 9.17. The number of thiazole rings is 1. The van der Waals surface area contributed by atoms with Crippen LogP contribution >= 0.6 is 11.3 Å². The van der Waals surface area contributed by atoms with E-state index in [9.17, 15) is 4.79 Å². The monoisotopic (exact) mass is 278 g/mol. The van der Waals surface area contributed by atoms with E-state index in [2.05, 4.69) is 16.5 Å². The largest absolute Gasteiger partial charge is 0.492 e. The number of aromatic nitrogens is 1. The van der Waals surface area contributed by atoms with Crippen LogP contribution in [0.2, 0.25) is 0 Å². The van der Waals surface area contributed by atoms with Crippen molar-refractivity contribution >= 4 is 27.5 Å². The summed E-state index contributed by atoms with van der Waals surface area (Å²) < 4.78 is 8.86. The Morgan fingerprint density at radius 2 is 2.21 bits per heavy atom. The van der Waals surface area contributed by atoms with Crippen LogP contribution in [0.1, 0.15) is 27.2 Å². The normalized spacial score (nSPS) is 12.1. The van der Waals surface area contributed by atoms with Gasteiger partial charge in [-0.25, -0.2) is 0 Å². The fourth-order valence-corrected chi connectivity index (χ4v) is 3.14. The van der Waals surface area contributed by atoms with Gasteiger partial charge in [-0.2, -0.15) is 4.99 Å². The number of para-hydroxylation sites is 1. The maximum atomic E-state index is 11.3. The van der Waals surface area contributed by atoms with E-state index >= 15 is 0 Å². The third kappa shape index (κ3) is 2.87. The standard InChI is InChI=1S/C14H18N2O2S/c1-4-9-16-13-11(18-5-2)7-6-8-12(13)19-14(16)15-10(3)17/h6-8H,4-5,9H2,1-3H3. The van der Waals surface area contributed by atoms with Crippen molar-refractivity contribution in [2.24, 2.45) is 4.99 Å². The van der Waals surface area contributed by atoms with Gasteiger partial charge in [-0.15, -0.1) is 0 Å². The van der Waals surface area contributed by atoms with Gasteiger partial charge in [0.2, 0.25) is 5.91 Å². The lowest BCUT2D eigenvalue weighted by molar-refractivity contribution is -0.116. The van der Waals surface area contributed by atoms with Gasteiger partial charge in [-0.1, -0.05) is 24.3 Å². The van der Waals surface area contributed by atoms with Gasteiger partial charge < -0.3 is 9.30 Å². The van der Waals surface area contributed by atoms with Gasteiger partial charge in [0.1, 0.15) is 11.3 Å². The Balaban J connectivity index is 2.75. The molecule has 0 N–H and O–H groups in total. The van der Waals surface area contributed by atoms with Crippen molar-refractivity contribution < 1.29 is 9.53 Å². The summed E-state index contributed by atoms with van der Waals surface area (Å²) in [6.07, 6.45) is 0.984. The molecule has 0 saturated heterocycles. The van der Waals surface area contributed by atoms with E-state index in [0.717, 1.165) is 33.7 Å². The highest BCUT2D eigenvalue weighted by atomic mass is 32.1. The molecule has 0 spiro atoms. The van der Waals surface area contributed by atoms with Crippen LogP contribution in [-0.2, 0) is 11.3 Å². The minimum Gasteiger partial charge on any atom is -0.492 e. The molecule has 0 aliphatic carbocycles. The Bertz CT molecular complexity index is 655. The van der Waals surface area contributed by atoms with Gasteiger partial charge in [-0.3, -0.25) is 4.79 Å². The van der Waals surface area contributed by atoms with E-state index in [1.807, 2.05) is 25.1 Å². The number of benzene rings is 1. The number of carbonyl (C=O) groups is 1. The Kier molecular flexibility index (Phi) is 4.37. The molecule has 0 aliphatic rings. The quantitative estimate of drug-likeness (QED) is 0.863. The van der Waals surface area contributed by atoms with Crippen molar-refractivity contribution in [1.82, 2.24) is 4.57 Å². The lowest BCUT2D eigenvalue weighted by Gasteiger charge is -2.08. The highest BCUT2D eigenvalue weighted by molar-refractivity contribution is 7.16. The zero-order valence-electron chi connectivity index (χ0n) is 11.5. The minimum absolute atomic E-state index is 0.172. The molecule has 1 aromatic heterocycles. The Morgan fingerprint density at radius 1 is 1.42 bits per heavy atom. The van der Waals surface area contributed by atoms with Gasteiger partial charge >= 0.3 is 0 Å². The molecule has 5 heteroatoms. The fourth-order valence-electron chi connectivity index (χ4n) is 2.02. The third-order valence-corrected chi connectivity index (χ3v) is 3.71. The van der Waals surface area contributed by atoms with Crippen LogP contribution in [0.3, 0.4) is 0 Å². The van der Waals surface area contributed by atoms with Crippen molar-refractivity contribution in [2.45, 2.75) is 33.7 Å². The van der Waals surface area contributed by atoms with E-state index in [4.69, 9.17) is 4.74 Å². The number of aryl methyl sites for hydroxylation is 1. The SMILES string of the molecule is CCCn1c(=NC(C)=O)sc2cccc(OCC)c21. The van der Waals surface area contributed by atoms with Gasteiger partial charge in [0.25, 0.3) is 0 Å². The summed E-state index contributed by atoms with van der Waals surface area (Å²) in [7, 11) is 0. The van der Waals surface area contributed by atoms with Crippen molar-refractivity contribution in [1.29, 1.82) is 0 Å². The fraction of sp³-hybridized carbons (Fsp3) is 0.429. The molecule has 0 aliphatic heterocycles. The number of hydrogen-bond acceptors (Lipinski definition) is 3. The second-order valence-electron chi connectivity index (χ2n) is 4.20. The van der Waals surface area contributed by atoms with Crippen LogP contribution in [-0.4, -0.2) is 17.1 Å². The van der Waals surface area contributed by atoms with E-state index in [1.54, 1.807) is 0 Å². The highest BCUT2D eigenvalue weighted by Gasteiger charge is 2.11. The van der Waals surface area contributed by atoms with Gasteiger partial charge in [0.05, 0.1) is 11.3 Å². The van der Waals surface area contributed by atoms with Crippen LogP contribution in [0.5, 0.6) is 5.75 Å². The zero-order chi connectivity index (χ0) is 13.8. The van der Waals surface area contributed by atoms with Crippen LogP contribution in [0.15, 0.2) is 23.2 Å². The predicted octanol–water partition coefficient (Wildman–Crippen LogP) is 2.96. The summed E-state index contributed by atoms with van der Waals surface area (Å²) in [6, 6.07) is 5.97. The Labute approximate surface area is 116 Å². The molecule has 0 unspecified atom stereocenters. The summed E-state index contributed by atoms with van der Waals surface area (Å²) >= 11 is 1.53. The molecule has 19 heavy (non-hydrogen) atoms. The van der Waals surface area contributed by atoms with Crippen LogP contribution in [0.4, 0.5) is 0 Å². The second-order valence-corrected chi connectivity index (χ2v) is 5.21. The molecule has 0 fully saturated rings. The molecule has 1 heterocycles. The molecule has 0 radical (unpaired) electrons. The molecule has 0 bridgehead atoms. The van der Waals surface area contributed by atoms with E-state index in [0.29, 0.717) is 6.61 Å². The number of carbonyl (C=O) groups excluding carboxylic acids is 1. The second kappa shape index (κ2) is 6.02. The van der Waals surface area contributed by atoms with Gasteiger partial charge in [0, 0.05) is 13.5 Å². The topological polar surface area (TPSA) is 43.6 Å². The molecule has 0 saturated carbocycles. The molecule has 1 amide bonds. The van der Waals surface area contributed by atoms with Crippen LogP contribution < -0.4 is 9.54 Å². The van der Waals surface area contributed by atoms with Crippen molar-refractivity contribution in [3.05, 3.63) is 23.0 Å². The molecular weight excluding hydrogens is 260 g/mol. The summed E-state index contributed by atoms with van der Waals surface area (Å²) in [6.45, 7) is 7.01. The summed E-state index contributed by atoms with van der Waals surface area (Å²) in [4.78, 5) is 16.1. The Hall–Kier alpha value is -1.62. The highest BCUT2D eigenvalue weighted by Crippen LogP contribution is 2.27. The average Bonchev–Trinajstić information content (AvgIpc) is 2.68. The number of ether oxygens (including phenoxy) is 1. The molecule has 0 atom stereocenters. The minimum atomic E-state index is -0.172. The first-order valence-electron chi connectivity index (χ1n) is 6.47. The number of fused-ring (bicyclic) bond motifs is 1. The molecule has 1 aromatic carbocycles. The first kappa shape index (κ1) is 13.8. The molecule has 102 valence electrons. The first-order valence-corrected chi connectivity index (χ1v) is 7.29. The molecule has 4 nitrogen and oxygen atoms in total. The molecular formula is C14H18N2O2S. The number of nitrogens with zero attached hydrogens (tertiary/aromatic N) is 2. The van der Waals surface area contributed by atoms with E-state index in [1.165, 1.54) is 18.3 Å². The zero-order valence-corrected chi connectivity index (χ0v) is 12.3. The van der Waals surface area contributed by atoms with E-state index in [-0.39, 0.29) is 5.91 Å². The average molecular weight is 278 g/mol. The number of amides is 1. The maximum Gasteiger partial charge on any atom is 0.245 e. The van der Waals surface area contributed by atoms with Gasteiger partial charge in [0.15, 0.2) is 4.80 Å². The van der Waals surface area contributed by atoms with E-state index < -0.39 is 0 Å². The summed E-state index contributed by atoms with van der Waals surface area (Å²) in [5.74, 6) is 0.684.